The van der Waals surface area contributed by atoms with Crippen LogP contribution < -0.4 is 0 Å². The minimum absolute atomic E-state index is 0.116. The Morgan fingerprint density at radius 1 is 1.23 bits per heavy atom. The monoisotopic (exact) mass is 296 g/mol. The lowest BCUT2D eigenvalue weighted by Crippen LogP contribution is -2.38. The molecule has 2 rings (SSSR count). The van der Waals surface area contributed by atoms with Gasteiger partial charge in [0, 0.05) is 24.9 Å². The number of aliphatic hydroxyl groups is 1. The van der Waals surface area contributed by atoms with E-state index in [1.165, 1.54) is 5.56 Å². The van der Waals surface area contributed by atoms with Crippen LogP contribution in [0.2, 0.25) is 0 Å². The van der Waals surface area contributed by atoms with Gasteiger partial charge in [-0.15, -0.1) is 0 Å². The molecule has 0 atom stereocenters. The summed E-state index contributed by atoms with van der Waals surface area (Å²) in [5.41, 5.74) is 2.51. The molecular formula is C19H24N2O. The number of nitriles is 1. The highest BCUT2D eigenvalue weighted by atomic mass is 16.2. The van der Waals surface area contributed by atoms with Crippen molar-refractivity contribution in [3.05, 3.63) is 35.4 Å². The van der Waals surface area contributed by atoms with Crippen LogP contribution in [0.3, 0.4) is 0 Å². The molecule has 3 nitrogen and oxygen atoms in total. The summed E-state index contributed by atoms with van der Waals surface area (Å²) in [4.78, 5) is 2.46. The van der Waals surface area contributed by atoms with Crippen molar-refractivity contribution in [1.29, 1.82) is 5.26 Å². The molecule has 1 aliphatic heterocycles. The minimum atomic E-state index is 0.116. The molecule has 1 N–H and O–H groups in total. The molecule has 0 bridgehead atoms. The number of hydrogen-bond donors (Lipinski definition) is 1. The highest BCUT2D eigenvalue weighted by Crippen LogP contribution is 2.34. The van der Waals surface area contributed by atoms with Gasteiger partial charge < -0.3 is 5.11 Å². The maximum absolute atomic E-state index is 8.90. The first-order valence-electron chi connectivity index (χ1n) is 7.93. The molecular weight excluding hydrogens is 272 g/mol. The van der Waals surface area contributed by atoms with Gasteiger partial charge in [0.2, 0.25) is 0 Å². The van der Waals surface area contributed by atoms with E-state index < -0.39 is 0 Å². The molecule has 116 valence electrons. The van der Waals surface area contributed by atoms with Crippen LogP contribution in [0.5, 0.6) is 0 Å². The topological polar surface area (TPSA) is 47.3 Å². The standard InChI is InChI=1S/C19H24N2O/c1-19(9-12-20)10-13-21(14-11-19)16-18-7-5-17(6-8-18)4-2-3-15-22/h5-8,22H,3,9-11,13-16H2,1H3. The molecule has 0 spiro atoms. The lowest BCUT2D eigenvalue weighted by molar-refractivity contribution is 0.116. The Bertz CT molecular complexity index is 566. The first-order chi connectivity index (χ1) is 10.6. The molecule has 1 saturated heterocycles. The van der Waals surface area contributed by atoms with Gasteiger partial charge in [0.1, 0.15) is 0 Å². The summed E-state index contributed by atoms with van der Waals surface area (Å²) in [5.74, 6) is 5.98. The largest absolute Gasteiger partial charge is 0.395 e. The van der Waals surface area contributed by atoms with Crippen molar-refractivity contribution in [2.45, 2.75) is 39.2 Å². The molecule has 1 aromatic carbocycles. The third kappa shape index (κ3) is 4.88. The fraction of sp³-hybridized carbons (Fsp3) is 0.526. The quantitative estimate of drug-likeness (QED) is 0.869. The summed E-state index contributed by atoms with van der Waals surface area (Å²) in [7, 11) is 0. The van der Waals surface area contributed by atoms with E-state index in [0.717, 1.165) is 38.0 Å². The van der Waals surface area contributed by atoms with Crippen LogP contribution in [0.1, 0.15) is 43.7 Å². The second-order valence-electron chi connectivity index (χ2n) is 6.39. The second-order valence-corrected chi connectivity index (χ2v) is 6.39. The number of hydrogen-bond acceptors (Lipinski definition) is 3. The molecule has 0 amide bonds. The fourth-order valence-corrected chi connectivity index (χ4v) is 2.79. The summed E-state index contributed by atoms with van der Waals surface area (Å²) in [5, 5.41) is 17.6. The van der Waals surface area contributed by atoms with Crippen molar-refractivity contribution in [1.82, 2.24) is 4.90 Å². The van der Waals surface area contributed by atoms with E-state index in [2.05, 4.69) is 41.9 Å². The average molecular weight is 296 g/mol. The third-order valence-corrected chi connectivity index (χ3v) is 4.40. The zero-order chi connectivity index (χ0) is 15.8. The maximum Gasteiger partial charge on any atom is 0.0627 e. The first kappa shape index (κ1) is 16.6. The zero-order valence-electron chi connectivity index (χ0n) is 13.3. The predicted molar refractivity (Wildman–Crippen MR) is 87.9 cm³/mol. The summed E-state index contributed by atoms with van der Waals surface area (Å²) in [6, 6.07) is 10.7. The Labute approximate surface area is 133 Å². The zero-order valence-corrected chi connectivity index (χ0v) is 13.3. The summed E-state index contributed by atoms with van der Waals surface area (Å²) < 4.78 is 0. The van der Waals surface area contributed by atoms with Gasteiger partial charge in [0.15, 0.2) is 0 Å². The molecule has 0 radical (unpaired) electrons. The van der Waals surface area contributed by atoms with Crippen LogP contribution in [-0.2, 0) is 6.54 Å². The molecule has 0 unspecified atom stereocenters. The first-order valence-corrected chi connectivity index (χ1v) is 7.93. The Morgan fingerprint density at radius 2 is 1.91 bits per heavy atom. The van der Waals surface area contributed by atoms with E-state index in [9.17, 15) is 0 Å². The van der Waals surface area contributed by atoms with Gasteiger partial charge in [-0.3, -0.25) is 4.90 Å². The lowest BCUT2D eigenvalue weighted by atomic mass is 9.78. The molecule has 1 heterocycles. The molecule has 1 aliphatic rings. The van der Waals surface area contributed by atoms with Crippen molar-refractivity contribution in [2.75, 3.05) is 19.7 Å². The average Bonchev–Trinajstić information content (AvgIpc) is 2.52. The van der Waals surface area contributed by atoms with E-state index in [1.54, 1.807) is 0 Å². The summed E-state index contributed by atoms with van der Waals surface area (Å²) >= 11 is 0. The lowest BCUT2D eigenvalue weighted by Gasteiger charge is -2.38. The van der Waals surface area contributed by atoms with Crippen molar-refractivity contribution in [3.63, 3.8) is 0 Å². The SMILES string of the molecule is CC1(CC#N)CCN(Cc2ccc(C#CCCO)cc2)CC1. The predicted octanol–water partition coefficient (Wildman–Crippen LogP) is 2.94. The number of piperidine rings is 1. The Balaban J connectivity index is 1.85. The van der Waals surface area contributed by atoms with Crippen molar-refractivity contribution in [2.24, 2.45) is 5.41 Å². The van der Waals surface area contributed by atoms with E-state index in [0.29, 0.717) is 12.8 Å². The van der Waals surface area contributed by atoms with Gasteiger partial charge in [-0.25, -0.2) is 0 Å². The van der Waals surface area contributed by atoms with E-state index in [4.69, 9.17) is 10.4 Å². The van der Waals surface area contributed by atoms with Crippen molar-refractivity contribution in [3.8, 4) is 17.9 Å². The number of aliphatic hydroxyl groups excluding tert-OH is 1. The summed E-state index contributed by atoms with van der Waals surface area (Å²) in [6.07, 6.45) is 3.40. The number of likely N-dealkylation sites (tertiary alicyclic amines) is 1. The van der Waals surface area contributed by atoms with Gasteiger partial charge in [0.25, 0.3) is 0 Å². The van der Waals surface area contributed by atoms with Crippen LogP contribution in [0.4, 0.5) is 0 Å². The molecule has 1 fully saturated rings. The van der Waals surface area contributed by atoms with Gasteiger partial charge in [-0.2, -0.15) is 5.26 Å². The van der Waals surface area contributed by atoms with Gasteiger partial charge in [-0.05, 0) is 49.0 Å². The Hall–Kier alpha value is -1.81. The van der Waals surface area contributed by atoms with Crippen LogP contribution in [0.25, 0.3) is 0 Å². The molecule has 0 aliphatic carbocycles. The van der Waals surface area contributed by atoms with E-state index in [1.807, 2.05) is 12.1 Å². The molecule has 0 aromatic heterocycles. The summed E-state index contributed by atoms with van der Waals surface area (Å²) in [6.45, 7) is 5.44. The van der Waals surface area contributed by atoms with Crippen LogP contribution in [0, 0.1) is 28.6 Å². The number of rotatable bonds is 4. The molecule has 0 saturated carbocycles. The highest BCUT2D eigenvalue weighted by molar-refractivity contribution is 5.36. The van der Waals surface area contributed by atoms with Crippen molar-refractivity contribution < 1.29 is 5.11 Å². The maximum atomic E-state index is 8.90. The molecule has 22 heavy (non-hydrogen) atoms. The molecule has 1 aromatic rings. The highest BCUT2D eigenvalue weighted by Gasteiger charge is 2.29. The Morgan fingerprint density at radius 3 is 2.50 bits per heavy atom. The Kier molecular flexibility index (Phi) is 6.01. The fourth-order valence-electron chi connectivity index (χ4n) is 2.79. The van der Waals surface area contributed by atoms with Gasteiger partial charge >= 0.3 is 0 Å². The van der Waals surface area contributed by atoms with E-state index in [-0.39, 0.29) is 12.0 Å². The van der Waals surface area contributed by atoms with Crippen molar-refractivity contribution >= 4 is 0 Å². The number of benzene rings is 1. The second kappa shape index (κ2) is 7.99. The molecule has 3 heteroatoms. The van der Waals surface area contributed by atoms with E-state index >= 15 is 0 Å². The van der Waals surface area contributed by atoms with Gasteiger partial charge in [0.05, 0.1) is 12.7 Å². The number of nitrogens with zero attached hydrogens (tertiary/aromatic N) is 2. The van der Waals surface area contributed by atoms with Gasteiger partial charge in [-0.1, -0.05) is 30.9 Å². The minimum Gasteiger partial charge on any atom is -0.395 e. The van der Waals surface area contributed by atoms with Crippen LogP contribution in [0.15, 0.2) is 24.3 Å². The van der Waals surface area contributed by atoms with Crippen LogP contribution >= 0.6 is 0 Å². The normalized spacial score (nSPS) is 17.3. The van der Waals surface area contributed by atoms with Crippen LogP contribution in [-0.4, -0.2) is 29.7 Å². The smallest absolute Gasteiger partial charge is 0.0627 e. The third-order valence-electron chi connectivity index (χ3n) is 4.40.